The van der Waals surface area contributed by atoms with E-state index in [1.165, 1.54) is 9.80 Å². The monoisotopic (exact) mass is 316 g/mol. The van der Waals surface area contributed by atoms with Crippen LogP contribution in [-0.2, 0) is 11.3 Å². The fraction of sp³-hybridized carbons (Fsp3) is 0.333. The van der Waals surface area contributed by atoms with Crippen LogP contribution in [0.2, 0.25) is 0 Å². The summed E-state index contributed by atoms with van der Waals surface area (Å²) in [5.41, 5.74) is 0.964. The minimum absolute atomic E-state index is 0.103. The molecular formula is C15H16N4O4. The highest BCUT2D eigenvalue weighted by atomic mass is 16.6. The Hall–Kier alpha value is -2.90. The molecule has 1 aromatic carbocycles. The van der Waals surface area contributed by atoms with Crippen molar-refractivity contribution in [1.29, 1.82) is 0 Å². The van der Waals surface area contributed by atoms with Gasteiger partial charge in [0.2, 0.25) is 0 Å². The molecule has 8 heteroatoms. The molecule has 2 heterocycles. The molecule has 0 unspecified atom stereocenters. The summed E-state index contributed by atoms with van der Waals surface area (Å²) in [4.78, 5) is 30.6. The number of cyclic esters (lactones) is 1. The van der Waals surface area contributed by atoms with E-state index in [9.17, 15) is 9.59 Å². The maximum atomic E-state index is 12.0. The van der Waals surface area contributed by atoms with Crippen molar-refractivity contribution < 1.29 is 18.8 Å². The molecule has 1 fully saturated rings. The maximum Gasteiger partial charge on any atom is 0.410 e. The van der Waals surface area contributed by atoms with Gasteiger partial charge in [-0.15, -0.1) is 0 Å². The van der Waals surface area contributed by atoms with E-state index in [1.54, 1.807) is 14.1 Å². The minimum atomic E-state index is -0.441. The predicted octanol–water partition coefficient (Wildman–Crippen LogP) is 1.46. The first-order valence-electron chi connectivity index (χ1n) is 7.09. The van der Waals surface area contributed by atoms with E-state index in [0.717, 1.165) is 5.56 Å². The van der Waals surface area contributed by atoms with Crippen molar-refractivity contribution in [2.75, 3.05) is 20.7 Å². The number of amides is 2. The quantitative estimate of drug-likeness (QED) is 0.848. The largest absolute Gasteiger partial charge is 0.447 e. The molecule has 8 nitrogen and oxygen atoms in total. The van der Waals surface area contributed by atoms with Gasteiger partial charge in [0.1, 0.15) is 6.61 Å². The summed E-state index contributed by atoms with van der Waals surface area (Å²) in [5.74, 6) is -0.226. The molecule has 1 aromatic heterocycles. The molecule has 1 aliphatic rings. The number of benzene rings is 1. The van der Waals surface area contributed by atoms with Gasteiger partial charge >= 0.3 is 17.9 Å². The summed E-state index contributed by atoms with van der Waals surface area (Å²) in [5, 5.41) is 3.76. The SMILES string of the molecule is CN(C)C(=O)c1nc(CN2C(=O)OC[C@@H]2c2ccccc2)no1. The Morgan fingerprint density at radius 2 is 2.09 bits per heavy atom. The van der Waals surface area contributed by atoms with Crippen molar-refractivity contribution >= 4 is 12.0 Å². The van der Waals surface area contributed by atoms with Crippen molar-refractivity contribution in [3.05, 3.63) is 47.6 Å². The first kappa shape index (κ1) is 15.0. The first-order valence-corrected chi connectivity index (χ1v) is 7.09. The number of hydrogen-bond acceptors (Lipinski definition) is 6. The highest BCUT2D eigenvalue weighted by Gasteiger charge is 2.35. The van der Waals surface area contributed by atoms with Crippen LogP contribution >= 0.6 is 0 Å². The normalized spacial score (nSPS) is 17.2. The molecule has 0 bridgehead atoms. The standard InChI is InChI=1S/C15H16N4O4/c1-18(2)14(20)13-16-12(17-23-13)8-19-11(9-22-15(19)21)10-6-4-3-5-7-10/h3-7,11H,8-9H2,1-2H3/t11-/m1/s1. The van der Waals surface area contributed by atoms with Crippen LogP contribution in [0.5, 0.6) is 0 Å². The number of carbonyl (C=O) groups excluding carboxylic acids is 2. The highest BCUT2D eigenvalue weighted by Crippen LogP contribution is 2.28. The van der Waals surface area contributed by atoms with Crippen LogP contribution in [0.3, 0.4) is 0 Å². The van der Waals surface area contributed by atoms with Crippen molar-refractivity contribution in [2.45, 2.75) is 12.6 Å². The lowest BCUT2D eigenvalue weighted by atomic mass is 10.1. The summed E-state index contributed by atoms with van der Waals surface area (Å²) < 4.78 is 10.1. The van der Waals surface area contributed by atoms with Gasteiger partial charge in [-0.25, -0.2) is 4.79 Å². The zero-order chi connectivity index (χ0) is 16.4. The fourth-order valence-corrected chi connectivity index (χ4v) is 2.33. The Balaban J connectivity index is 1.78. The number of rotatable bonds is 4. The van der Waals surface area contributed by atoms with Crippen molar-refractivity contribution in [2.24, 2.45) is 0 Å². The smallest absolute Gasteiger partial charge is 0.410 e. The molecule has 2 aromatic rings. The van der Waals surface area contributed by atoms with Crippen molar-refractivity contribution in [3.8, 4) is 0 Å². The van der Waals surface area contributed by atoms with Gasteiger partial charge in [0.05, 0.1) is 12.6 Å². The molecule has 1 atom stereocenters. The van der Waals surface area contributed by atoms with E-state index < -0.39 is 6.09 Å². The van der Waals surface area contributed by atoms with Crippen LogP contribution in [0.15, 0.2) is 34.9 Å². The molecular weight excluding hydrogens is 300 g/mol. The number of ether oxygens (including phenoxy) is 1. The van der Waals surface area contributed by atoms with Crippen molar-refractivity contribution in [1.82, 2.24) is 19.9 Å². The van der Waals surface area contributed by atoms with E-state index in [1.807, 2.05) is 30.3 Å². The lowest BCUT2D eigenvalue weighted by Gasteiger charge is -2.19. The van der Waals surface area contributed by atoms with Crippen LogP contribution in [0, 0.1) is 0 Å². The summed E-state index contributed by atoms with van der Waals surface area (Å²) in [6.07, 6.45) is -0.441. The molecule has 1 saturated heterocycles. The van der Waals surface area contributed by atoms with Crippen molar-refractivity contribution in [3.63, 3.8) is 0 Å². The number of nitrogens with zero attached hydrogens (tertiary/aromatic N) is 4. The minimum Gasteiger partial charge on any atom is -0.447 e. The third-order valence-corrected chi connectivity index (χ3v) is 3.53. The Morgan fingerprint density at radius 1 is 1.35 bits per heavy atom. The van der Waals surface area contributed by atoms with Gasteiger partial charge in [0.15, 0.2) is 5.82 Å². The van der Waals surface area contributed by atoms with Crippen LogP contribution in [0.25, 0.3) is 0 Å². The van der Waals surface area contributed by atoms with Crippen LogP contribution < -0.4 is 0 Å². The first-order chi connectivity index (χ1) is 11.1. The van der Waals surface area contributed by atoms with E-state index in [2.05, 4.69) is 10.1 Å². The second-order valence-electron chi connectivity index (χ2n) is 5.35. The van der Waals surface area contributed by atoms with E-state index in [-0.39, 0.29) is 36.8 Å². The zero-order valence-corrected chi connectivity index (χ0v) is 12.8. The lowest BCUT2D eigenvalue weighted by Crippen LogP contribution is -2.27. The van der Waals surface area contributed by atoms with Gasteiger partial charge in [-0.05, 0) is 5.56 Å². The van der Waals surface area contributed by atoms with E-state index in [4.69, 9.17) is 9.26 Å². The van der Waals surface area contributed by atoms with Crippen LogP contribution in [-0.4, -0.2) is 52.6 Å². The van der Waals surface area contributed by atoms with Crippen LogP contribution in [0.4, 0.5) is 4.79 Å². The lowest BCUT2D eigenvalue weighted by molar-refractivity contribution is 0.0779. The average Bonchev–Trinajstić information content (AvgIpc) is 3.16. The molecule has 23 heavy (non-hydrogen) atoms. The molecule has 3 rings (SSSR count). The Bertz CT molecular complexity index is 713. The van der Waals surface area contributed by atoms with Gasteiger partial charge in [-0.3, -0.25) is 9.69 Å². The number of hydrogen-bond donors (Lipinski definition) is 0. The molecule has 0 radical (unpaired) electrons. The summed E-state index contributed by atoms with van der Waals surface area (Å²) in [6, 6.07) is 9.35. The van der Waals surface area contributed by atoms with E-state index >= 15 is 0 Å². The summed E-state index contributed by atoms with van der Waals surface area (Å²) in [7, 11) is 3.19. The number of carbonyl (C=O) groups is 2. The van der Waals surface area contributed by atoms with Gasteiger partial charge in [-0.2, -0.15) is 4.98 Å². The fourth-order valence-electron chi connectivity index (χ4n) is 2.33. The second kappa shape index (κ2) is 6.07. The average molecular weight is 316 g/mol. The van der Waals surface area contributed by atoms with Crippen LogP contribution in [0.1, 0.15) is 28.1 Å². The predicted molar refractivity (Wildman–Crippen MR) is 78.4 cm³/mol. The molecule has 0 N–H and O–H groups in total. The Kier molecular flexibility index (Phi) is 3.96. The third-order valence-electron chi connectivity index (χ3n) is 3.53. The third kappa shape index (κ3) is 3.01. The molecule has 1 aliphatic heterocycles. The zero-order valence-electron chi connectivity index (χ0n) is 12.8. The molecule has 0 spiro atoms. The van der Waals surface area contributed by atoms with Gasteiger partial charge in [0.25, 0.3) is 0 Å². The maximum absolute atomic E-state index is 12.0. The topological polar surface area (TPSA) is 88.8 Å². The second-order valence-corrected chi connectivity index (χ2v) is 5.35. The number of aromatic nitrogens is 2. The van der Waals surface area contributed by atoms with E-state index in [0.29, 0.717) is 0 Å². The van der Waals surface area contributed by atoms with Gasteiger partial charge < -0.3 is 14.2 Å². The summed E-state index contributed by atoms with van der Waals surface area (Å²) >= 11 is 0. The molecule has 0 saturated carbocycles. The Labute approximate surface area is 132 Å². The highest BCUT2D eigenvalue weighted by molar-refractivity contribution is 5.89. The molecule has 2 amide bonds. The van der Waals surface area contributed by atoms with Gasteiger partial charge in [-0.1, -0.05) is 35.5 Å². The van der Waals surface area contributed by atoms with Gasteiger partial charge in [0, 0.05) is 14.1 Å². The molecule has 120 valence electrons. The summed E-state index contributed by atoms with van der Waals surface area (Å²) in [6.45, 7) is 0.382. The Morgan fingerprint density at radius 3 is 2.78 bits per heavy atom. The molecule has 0 aliphatic carbocycles.